The minimum absolute atomic E-state index is 0.0720. The fraction of sp³-hybridized carbons (Fsp3) is 0.167. The number of benzene rings is 3. The smallest absolute Gasteiger partial charge is 0.381 e. The van der Waals surface area contributed by atoms with E-state index in [1.54, 1.807) is 36.8 Å². The Bertz CT molecular complexity index is 2150. The van der Waals surface area contributed by atoms with Crippen LogP contribution in [0.4, 0.5) is 30.5 Å². The molecule has 1 aliphatic heterocycles. The van der Waals surface area contributed by atoms with Crippen LogP contribution >= 0.6 is 11.6 Å². The highest BCUT2D eigenvalue weighted by atomic mass is 35.5. The molecule has 0 aliphatic carbocycles. The first-order chi connectivity index (χ1) is 23.2. The molecule has 3 aromatic carbocycles. The van der Waals surface area contributed by atoms with Gasteiger partial charge in [-0.25, -0.2) is 4.98 Å². The zero-order valence-electron chi connectivity index (χ0n) is 25.4. The molecule has 1 fully saturated rings. The summed E-state index contributed by atoms with van der Waals surface area (Å²) in [4.78, 5) is 27.5. The standard InChI is InChI=1S/C36H29ClF3N7O/c37-32-17-22(23-5-3-14-41-18-23)7-12-29(32)30-16-25-19-43-35(45-27-10-8-26(9-11-27)44-28-13-15-42-20-28)46-33(25)47(34(30)48)21-24-4-1-2-6-31(24)36(38,39)40/h1-12,14,16-19,28,42,44H,13,15,20-21H2,(H,43,45,46). The highest BCUT2D eigenvalue weighted by Gasteiger charge is 2.33. The summed E-state index contributed by atoms with van der Waals surface area (Å²) >= 11 is 6.74. The number of nitrogens with one attached hydrogen (secondary N) is 3. The zero-order chi connectivity index (χ0) is 33.3. The summed E-state index contributed by atoms with van der Waals surface area (Å²) in [6.45, 7) is 1.51. The number of aromatic nitrogens is 4. The fourth-order valence-electron chi connectivity index (χ4n) is 5.90. The van der Waals surface area contributed by atoms with Crippen LogP contribution in [-0.2, 0) is 12.7 Å². The molecule has 0 saturated carbocycles. The lowest BCUT2D eigenvalue weighted by molar-refractivity contribution is -0.138. The Kier molecular flexibility index (Phi) is 8.55. The van der Waals surface area contributed by atoms with E-state index in [-0.39, 0.29) is 29.3 Å². The minimum atomic E-state index is -4.62. The predicted molar refractivity (Wildman–Crippen MR) is 183 cm³/mol. The maximum Gasteiger partial charge on any atom is 0.416 e. The summed E-state index contributed by atoms with van der Waals surface area (Å²) in [5.74, 6) is 0.187. The van der Waals surface area contributed by atoms with Crippen molar-refractivity contribution in [3.8, 4) is 22.3 Å². The number of anilines is 3. The summed E-state index contributed by atoms with van der Waals surface area (Å²) < 4.78 is 43.4. The van der Waals surface area contributed by atoms with E-state index in [9.17, 15) is 18.0 Å². The second kappa shape index (κ2) is 13.1. The molecule has 1 unspecified atom stereocenters. The van der Waals surface area contributed by atoms with Crippen molar-refractivity contribution in [1.82, 2.24) is 24.8 Å². The monoisotopic (exact) mass is 667 g/mol. The van der Waals surface area contributed by atoms with E-state index >= 15 is 0 Å². The number of alkyl halides is 3. The van der Waals surface area contributed by atoms with Gasteiger partial charge in [-0.05, 0) is 72.6 Å². The first-order valence-corrected chi connectivity index (χ1v) is 15.7. The molecule has 4 heterocycles. The molecular formula is C36H29ClF3N7O. The Balaban J connectivity index is 1.29. The summed E-state index contributed by atoms with van der Waals surface area (Å²) in [6.07, 6.45) is 1.34. The van der Waals surface area contributed by atoms with E-state index < -0.39 is 17.3 Å². The molecule has 1 saturated heterocycles. The second-order valence-electron chi connectivity index (χ2n) is 11.5. The van der Waals surface area contributed by atoms with Crippen molar-refractivity contribution >= 4 is 40.0 Å². The van der Waals surface area contributed by atoms with E-state index in [1.807, 2.05) is 42.5 Å². The Hall–Kier alpha value is -5.26. The van der Waals surface area contributed by atoms with Crippen LogP contribution in [0.15, 0.2) is 108 Å². The number of nitrogens with zero attached hydrogens (tertiary/aromatic N) is 4. The van der Waals surface area contributed by atoms with Crippen molar-refractivity contribution < 1.29 is 13.2 Å². The van der Waals surface area contributed by atoms with Crippen LogP contribution in [0.3, 0.4) is 0 Å². The third-order valence-electron chi connectivity index (χ3n) is 8.30. The molecule has 0 bridgehead atoms. The van der Waals surface area contributed by atoms with Gasteiger partial charge in [0.1, 0.15) is 5.65 Å². The first kappa shape index (κ1) is 31.3. The zero-order valence-corrected chi connectivity index (χ0v) is 26.2. The topological polar surface area (TPSA) is 96.8 Å². The fourth-order valence-corrected chi connectivity index (χ4v) is 6.19. The molecule has 0 amide bonds. The van der Waals surface area contributed by atoms with E-state index in [2.05, 4.69) is 30.9 Å². The molecule has 0 spiro atoms. The van der Waals surface area contributed by atoms with Gasteiger partial charge >= 0.3 is 6.18 Å². The van der Waals surface area contributed by atoms with Gasteiger partial charge in [0.05, 0.1) is 12.1 Å². The van der Waals surface area contributed by atoms with Gasteiger partial charge < -0.3 is 16.0 Å². The van der Waals surface area contributed by atoms with Crippen molar-refractivity contribution in [3.05, 3.63) is 130 Å². The number of hydrogen-bond acceptors (Lipinski definition) is 7. The second-order valence-corrected chi connectivity index (χ2v) is 12.0. The minimum Gasteiger partial charge on any atom is -0.381 e. The van der Waals surface area contributed by atoms with Crippen LogP contribution in [0.25, 0.3) is 33.3 Å². The maximum absolute atomic E-state index is 14.2. The van der Waals surface area contributed by atoms with E-state index in [4.69, 9.17) is 11.6 Å². The van der Waals surface area contributed by atoms with Crippen molar-refractivity contribution in [2.75, 3.05) is 23.7 Å². The van der Waals surface area contributed by atoms with Crippen molar-refractivity contribution in [1.29, 1.82) is 0 Å². The van der Waals surface area contributed by atoms with Gasteiger partial charge in [0, 0.05) is 69.7 Å². The molecule has 3 N–H and O–H groups in total. The molecule has 6 aromatic rings. The van der Waals surface area contributed by atoms with Crippen molar-refractivity contribution in [2.24, 2.45) is 0 Å². The van der Waals surface area contributed by atoms with E-state index in [0.29, 0.717) is 27.7 Å². The van der Waals surface area contributed by atoms with E-state index in [0.717, 1.165) is 42.4 Å². The lowest BCUT2D eigenvalue weighted by Gasteiger charge is -2.17. The quantitative estimate of drug-likeness (QED) is 0.153. The Morgan fingerprint density at radius 1 is 0.917 bits per heavy atom. The molecule has 7 rings (SSSR count). The molecule has 8 nitrogen and oxygen atoms in total. The van der Waals surface area contributed by atoms with Gasteiger partial charge in [0.15, 0.2) is 0 Å². The van der Waals surface area contributed by atoms with Crippen LogP contribution in [0.2, 0.25) is 5.02 Å². The summed E-state index contributed by atoms with van der Waals surface area (Å²) in [5.41, 5.74) is 2.69. The van der Waals surface area contributed by atoms with Crippen LogP contribution in [0.1, 0.15) is 17.5 Å². The molecule has 242 valence electrons. The number of fused-ring (bicyclic) bond motifs is 1. The third-order valence-corrected chi connectivity index (χ3v) is 8.62. The maximum atomic E-state index is 14.2. The number of halogens is 4. The van der Waals surface area contributed by atoms with Crippen LogP contribution < -0.4 is 21.5 Å². The van der Waals surface area contributed by atoms with Crippen LogP contribution in [-0.4, -0.2) is 38.7 Å². The lowest BCUT2D eigenvalue weighted by Crippen LogP contribution is -2.25. The summed E-state index contributed by atoms with van der Waals surface area (Å²) in [6, 6.07) is 23.8. The third kappa shape index (κ3) is 6.60. The number of pyridine rings is 2. The molecule has 0 radical (unpaired) electrons. The number of rotatable bonds is 8. The molecular weight excluding hydrogens is 639 g/mol. The molecule has 48 heavy (non-hydrogen) atoms. The number of hydrogen-bond donors (Lipinski definition) is 3. The summed E-state index contributed by atoms with van der Waals surface area (Å²) in [5, 5.41) is 10.7. The first-order valence-electron chi connectivity index (χ1n) is 15.3. The van der Waals surface area contributed by atoms with Crippen molar-refractivity contribution in [3.63, 3.8) is 0 Å². The molecule has 1 aliphatic rings. The van der Waals surface area contributed by atoms with Gasteiger partial charge in [-0.1, -0.05) is 48.0 Å². The van der Waals surface area contributed by atoms with Crippen LogP contribution in [0.5, 0.6) is 0 Å². The molecule has 12 heteroatoms. The van der Waals surface area contributed by atoms with Crippen LogP contribution in [0, 0.1) is 0 Å². The highest BCUT2D eigenvalue weighted by molar-refractivity contribution is 6.33. The normalized spacial score (nSPS) is 14.7. The van der Waals surface area contributed by atoms with Crippen molar-refractivity contribution in [2.45, 2.75) is 25.2 Å². The van der Waals surface area contributed by atoms with Gasteiger partial charge in [-0.3, -0.25) is 14.3 Å². The summed E-state index contributed by atoms with van der Waals surface area (Å²) in [7, 11) is 0. The lowest BCUT2D eigenvalue weighted by atomic mass is 10.0. The van der Waals surface area contributed by atoms with Gasteiger partial charge in [0.2, 0.25) is 5.95 Å². The molecule has 1 atom stereocenters. The largest absolute Gasteiger partial charge is 0.416 e. The van der Waals surface area contributed by atoms with Gasteiger partial charge in [-0.15, -0.1) is 0 Å². The van der Waals surface area contributed by atoms with Gasteiger partial charge in [-0.2, -0.15) is 18.2 Å². The molecule has 3 aromatic heterocycles. The predicted octanol–water partition coefficient (Wildman–Crippen LogP) is 7.76. The highest BCUT2D eigenvalue weighted by Crippen LogP contribution is 2.34. The SMILES string of the molecule is O=c1c(-c2ccc(-c3cccnc3)cc2Cl)cc2cnc(Nc3ccc(NC4CCNC4)cc3)nc2n1Cc1ccccc1C(F)(F)F. The average Bonchev–Trinajstić information content (AvgIpc) is 3.60. The van der Waals surface area contributed by atoms with Gasteiger partial charge in [0.25, 0.3) is 5.56 Å². The Morgan fingerprint density at radius 2 is 1.73 bits per heavy atom. The average molecular weight is 668 g/mol. The van der Waals surface area contributed by atoms with E-state index in [1.165, 1.54) is 22.8 Å². The Morgan fingerprint density at radius 3 is 2.46 bits per heavy atom. The Labute approximate surface area is 278 Å².